The van der Waals surface area contributed by atoms with Crippen LogP contribution in [0.5, 0.6) is 0 Å². The largest absolute Gasteiger partial charge is 0.450 e. The molecule has 0 fully saturated rings. The number of unbranched alkanes of at least 4 members (excludes halogenated alkanes) is 1. The fourth-order valence-electron chi connectivity index (χ4n) is 0.830. The van der Waals surface area contributed by atoms with Crippen LogP contribution in [0.2, 0.25) is 0 Å². The summed E-state index contributed by atoms with van der Waals surface area (Å²) >= 11 is 0. The third-order valence-corrected chi connectivity index (χ3v) is 1.68. The van der Waals surface area contributed by atoms with Crippen LogP contribution in [0.25, 0.3) is 0 Å². The second-order valence-electron chi connectivity index (χ2n) is 3.02. The van der Waals surface area contributed by atoms with Crippen molar-refractivity contribution in [2.24, 2.45) is 0 Å². The Morgan fingerprint density at radius 3 is 2.67 bits per heavy atom. The zero-order valence-electron chi connectivity index (χ0n) is 9.58. The van der Waals surface area contributed by atoms with Crippen molar-refractivity contribution >= 4 is 6.09 Å². The topological polar surface area (TPSA) is 56.8 Å². The van der Waals surface area contributed by atoms with Gasteiger partial charge in [-0.1, -0.05) is 13.3 Å². The lowest BCUT2D eigenvalue weighted by atomic mass is 10.4. The second-order valence-corrected chi connectivity index (χ2v) is 3.02. The third-order valence-electron chi connectivity index (χ3n) is 1.68. The van der Waals surface area contributed by atoms with Gasteiger partial charge in [0, 0.05) is 13.7 Å². The van der Waals surface area contributed by atoms with Gasteiger partial charge in [0.25, 0.3) is 0 Å². The van der Waals surface area contributed by atoms with Gasteiger partial charge in [0.1, 0.15) is 0 Å². The molecule has 0 aliphatic carbocycles. The quantitative estimate of drug-likeness (QED) is 0.591. The minimum absolute atomic E-state index is 0.376. The number of ether oxygens (including phenoxy) is 3. The molecular formula is C10H21NO4. The minimum Gasteiger partial charge on any atom is -0.450 e. The Labute approximate surface area is 91.1 Å². The van der Waals surface area contributed by atoms with Gasteiger partial charge in [0.05, 0.1) is 26.4 Å². The fraction of sp³-hybridized carbons (Fsp3) is 0.900. The highest BCUT2D eigenvalue weighted by molar-refractivity contribution is 5.66. The fourth-order valence-corrected chi connectivity index (χ4v) is 0.830. The molecule has 0 atom stereocenters. The summed E-state index contributed by atoms with van der Waals surface area (Å²) in [5, 5.41) is 2.59. The van der Waals surface area contributed by atoms with E-state index >= 15 is 0 Å². The number of methoxy groups -OCH3 is 1. The van der Waals surface area contributed by atoms with E-state index < -0.39 is 0 Å². The predicted octanol–water partition coefficient (Wildman–Crippen LogP) is 1.18. The first-order valence-corrected chi connectivity index (χ1v) is 5.28. The van der Waals surface area contributed by atoms with Crippen LogP contribution in [0.3, 0.4) is 0 Å². The number of hydrogen-bond acceptors (Lipinski definition) is 4. The average molecular weight is 219 g/mol. The summed E-state index contributed by atoms with van der Waals surface area (Å²) in [6.07, 6.45) is 1.55. The van der Waals surface area contributed by atoms with Crippen molar-refractivity contribution in [2.45, 2.75) is 19.8 Å². The van der Waals surface area contributed by atoms with Crippen molar-refractivity contribution in [2.75, 3.05) is 40.1 Å². The normalized spacial score (nSPS) is 10.0. The van der Waals surface area contributed by atoms with Crippen molar-refractivity contribution in [1.29, 1.82) is 0 Å². The van der Waals surface area contributed by atoms with Gasteiger partial charge >= 0.3 is 6.09 Å². The second kappa shape index (κ2) is 11.3. The minimum atomic E-state index is -0.376. The Balaban J connectivity index is 3.10. The Morgan fingerprint density at radius 1 is 1.20 bits per heavy atom. The van der Waals surface area contributed by atoms with Gasteiger partial charge in [0.15, 0.2) is 0 Å². The number of hydrogen-bond donors (Lipinski definition) is 1. The molecule has 0 aromatic carbocycles. The zero-order valence-corrected chi connectivity index (χ0v) is 9.58. The van der Waals surface area contributed by atoms with E-state index in [0.717, 1.165) is 12.8 Å². The monoisotopic (exact) mass is 219 g/mol. The van der Waals surface area contributed by atoms with Crippen LogP contribution in [0, 0.1) is 0 Å². The number of carbonyl (C=O) groups is 1. The van der Waals surface area contributed by atoms with Gasteiger partial charge in [-0.05, 0) is 6.42 Å². The Hall–Kier alpha value is -0.810. The molecule has 1 N–H and O–H groups in total. The summed E-state index contributed by atoms with van der Waals surface area (Å²) in [5.41, 5.74) is 0. The molecule has 5 nitrogen and oxygen atoms in total. The smallest absolute Gasteiger partial charge is 0.407 e. The van der Waals surface area contributed by atoms with E-state index in [0.29, 0.717) is 33.0 Å². The predicted molar refractivity (Wildman–Crippen MR) is 57.0 cm³/mol. The molecule has 5 heteroatoms. The van der Waals surface area contributed by atoms with Crippen LogP contribution in [-0.2, 0) is 14.2 Å². The number of alkyl carbamates (subject to hydrolysis) is 1. The summed E-state index contributed by atoms with van der Waals surface area (Å²) in [5.74, 6) is 0. The molecule has 0 saturated heterocycles. The molecule has 1 amide bonds. The van der Waals surface area contributed by atoms with E-state index in [-0.39, 0.29) is 6.09 Å². The highest BCUT2D eigenvalue weighted by Gasteiger charge is 1.99. The maximum atomic E-state index is 11.0. The molecule has 0 bridgehead atoms. The van der Waals surface area contributed by atoms with Crippen molar-refractivity contribution < 1.29 is 19.0 Å². The molecule has 0 aromatic rings. The maximum absolute atomic E-state index is 11.0. The first-order valence-electron chi connectivity index (χ1n) is 5.28. The molecule has 0 spiro atoms. The van der Waals surface area contributed by atoms with Gasteiger partial charge in [-0.25, -0.2) is 4.79 Å². The average Bonchev–Trinajstić information content (AvgIpc) is 2.23. The standard InChI is InChI=1S/C10H21NO4/c1-3-4-6-15-10(12)11-5-7-14-9-8-13-2/h3-9H2,1-2H3,(H,11,12). The Bertz CT molecular complexity index is 152. The molecule has 15 heavy (non-hydrogen) atoms. The molecular weight excluding hydrogens is 198 g/mol. The lowest BCUT2D eigenvalue weighted by molar-refractivity contribution is 0.0705. The molecule has 0 aromatic heterocycles. The summed E-state index contributed by atoms with van der Waals surface area (Å²) in [7, 11) is 1.62. The SMILES string of the molecule is CCCCOC(=O)NCCOCCOC. The van der Waals surface area contributed by atoms with E-state index in [4.69, 9.17) is 14.2 Å². The summed E-state index contributed by atoms with van der Waals surface area (Å²) < 4.78 is 14.8. The molecule has 0 saturated carbocycles. The van der Waals surface area contributed by atoms with Crippen molar-refractivity contribution in [3.63, 3.8) is 0 Å². The van der Waals surface area contributed by atoms with E-state index in [2.05, 4.69) is 5.32 Å². The lowest BCUT2D eigenvalue weighted by Gasteiger charge is -2.06. The summed E-state index contributed by atoms with van der Waals surface area (Å²) in [4.78, 5) is 11.0. The molecule has 0 rings (SSSR count). The van der Waals surface area contributed by atoms with Gasteiger partial charge in [-0.2, -0.15) is 0 Å². The van der Waals surface area contributed by atoms with Crippen LogP contribution < -0.4 is 5.32 Å². The number of rotatable bonds is 9. The zero-order chi connectivity index (χ0) is 11.4. The van der Waals surface area contributed by atoms with Crippen LogP contribution in [0.1, 0.15) is 19.8 Å². The summed E-state index contributed by atoms with van der Waals surface area (Å²) in [6.45, 7) is 4.59. The molecule has 0 heterocycles. The van der Waals surface area contributed by atoms with Gasteiger partial charge in [-0.3, -0.25) is 0 Å². The van der Waals surface area contributed by atoms with Crippen molar-refractivity contribution in [3.8, 4) is 0 Å². The van der Waals surface area contributed by atoms with Crippen LogP contribution in [-0.4, -0.2) is 46.2 Å². The van der Waals surface area contributed by atoms with E-state index in [9.17, 15) is 4.79 Å². The lowest BCUT2D eigenvalue weighted by Crippen LogP contribution is -2.28. The molecule has 0 aliphatic heterocycles. The first kappa shape index (κ1) is 14.2. The Kier molecular flexibility index (Phi) is 10.7. The van der Waals surface area contributed by atoms with Crippen LogP contribution in [0.4, 0.5) is 4.79 Å². The number of amides is 1. The van der Waals surface area contributed by atoms with E-state index in [1.54, 1.807) is 7.11 Å². The molecule has 90 valence electrons. The third kappa shape index (κ3) is 11.1. The first-order chi connectivity index (χ1) is 7.31. The van der Waals surface area contributed by atoms with Gasteiger partial charge < -0.3 is 19.5 Å². The number of nitrogens with one attached hydrogen (secondary N) is 1. The molecule has 0 aliphatic rings. The highest BCUT2D eigenvalue weighted by Crippen LogP contribution is 1.87. The highest BCUT2D eigenvalue weighted by atomic mass is 16.5. The van der Waals surface area contributed by atoms with Gasteiger partial charge in [0.2, 0.25) is 0 Å². The van der Waals surface area contributed by atoms with Crippen LogP contribution in [0.15, 0.2) is 0 Å². The van der Waals surface area contributed by atoms with Crippen LogP contribution >= 0.6 is 0 Å². The summed E-state index contributed by atoms with van der Waals surface area (Å²) in [6, 6.07) is 0. The number of carbonyl (C=O) groups excluding carboxylic acids is 1. The van der Waals surface area contributed by atoms with E-state index in [1.165, 1.54) is 0 Å². The molecule has 0 radical (unpaired) electrons. The van der Waals surface area contributed by atoms with Crippen molar-refractivity contribution in [3.05, 3.63) is 0 Å². The maximum Gasteiger partial charge on any atom is 0.407 e. The van der Waals surface area contributed by atoms with Gasteiger partial charge in [-0.15, -0.1) is 0 Å². The Morgan fingerprint density at radius 2 is 2.00 bits per heavy atom. The van der Waals surface area contributed by atoms with E-state index in [1.807, 2.05) is 6.92 Å². The van der Waals surface area contributed by atoms with Crippen molar-refractivity contribution in [1.82, 2.24) is 5.32 Å². The molecule has 0 unspecified atom stereocenters.